The Labute approximate surface area is 206 Å². The maximum Gasteiger partial charge on any atom is 0.443 e. The van der Waals surface area contributed by atoms with Crippen molar-refractivity contribution in [2.24, 2.45) is 11.8 Å². The molecular formula is C27H35N3O5. The van der Waals surface area contributed by atoms with E-state index >= 15 is 0 Å². The van der Waals surface area contributed by atoms with Crippen LogP contribution in [-0.2, 0) is 16.1 Å². The third-order valence-electron chi connectivity index (χ3n) is 5.80. The fourth-order valence-electron chi connectivity index (χ4n) is 4.05. The lowest BCUT2D eigenvalue weighted by atomic mass is 9.98. The van der Waals surface area contributed by atoms with Crippen molar-refractivity contribution in [3.05, 3.63) is 36.0 Å². The second kappa shape index (κ2) is 9.76. The first-order valence-corrected chi connectivity index (χ1v) is 12.3. The minimum atomic E-state index is -0.639. The molecule has 1 unspecified atom stereocenters. The van der Waals surface area contributed by atoms with Crippen LogP contribution in [0, 0.1) is 11.8 Å². The van der Waals surface area contributed by atoms with Gasteiger partial charge in [0.05, 0.1) is 6.04 Å². The highest BCUT2D eigenvalue weighted by Crippen LogP contribution is 2.41. The summed E-state index contributed by atoms with van der Waals surface area (Å²) in [5.74, 6) is 2.16. The van der Waals surface area contributed by atoms with Crippen LogP contribution in [0.1, 0.15) is 66.4 Å². The van der Waals surface area contributed by atoms with Crippen molar-refractivity contribution in [2.45, 2.75) is 79.1 Å². The fourth-order valence-corrected chi connectivity index (χ4v) is 4.05. The lowest BCUT2D eigenvalue weighted by Gasteiger charge is -2.31. The Balaban J connectivity index is 1.56. The molecule has 0 bridgehead atoms. The molecule has 1 N–H and O–H groups in total. The summed E-state index contributed by atoms with van der Waals surface area (Å²) in [6, 6.07) is 7.18. The molecule has 1 fully saturated rings. The monoisotopic (exact) mass is 481 g/mol. The van der Waals surface area contributed by atoms with Gasteiger partial charge in [-0.25, -0.2) is 9.78 Å². The zero-order valence-corrected chi connectivity index (χ0v) is 21.4. The molecule has 8 heteroatoms. The van der Waals surface area contributed by atoms with Crippen LogP contribution in [-0.4, -0.2) is 33.7 Å². The van der Waals surface area contributed by atoms with Crippen LogP contribution in [0.25, 0.3) is 11.1 Å². The Hall–Kier alpha value is -3.29. The van der Waals surface area contributed by atoms with Gasteiger partial charge in [-0.05, 0) is 76.6 Å². The zero-order chi connectivity index (χ0) is 25.3. The average Bonchev–Trinajstić information content (AvgIpc) is 3.61. The molecule has 188 valence electrons. The number of carbonyl (C=O) groups is 2. The van der Waals surface area contributed by atoms with Crippen molar-refractivity contribution in [2.75, 3.05) is 5.32 Å². The molecule has 1 aliphatic carbocycles. The van der Waals surface area contributed by atoms with E-state index in [-0.39, 0.29) is 17.9 Å². The van der Waals surface area contributed by atoms with Gasteiger partial charge in [0.2, 0.25) is 5.91 Å². The number of amides is 2. The highest BCUT2D eigenvalue weighted by molar-refractivity contribution is 5.94. The van der Waals surface area contributed by atoms with Gasteiger partial charge in [-0.15, -0.1) is 5.06 Å². The first-order chi connectivity index (χ1) is 16.5. The van der Waals surface area contributed by atoms with Crippen molar-refractivity contribution in [1.29, 1.82) is 0 Å². The molecule has 0 radical (unpaired) electrons. The SMILES string of the molecule is CC(C)CC(C)N(Oc1ccc2c(c1)OCc1cnc(NC(=O)C3CC3)cc1-2)C(=O)OC(C)(C)C. The molecule has 35 heavy (non-hydrogen) atoms. The number of ether oxygens (including phenoxy) is 2. The highest BCUT2D eigenvalue weighted by atomic mass is 16.7. The molecule has 1 atom stereocenters. The topological polar surface area (TPSA) is 90.0 Å². The number of pyridine rings is 1. The second-order valence-corrected chi connectivity index (χ2v) is 10.8. The zero-order valence-electron chi connectivity index (χ0n) is 21.4. The van der Waals surface area contributed by atoms with Gasteiger partial charge in [-0.2, -0.15) is 0 Å². The number of nitrogens with one attached hydrogen (secondary N) is 1. The van der Waals surface area contributed by atoms with E-state index in [4.69, 9.17) is 14.3 Å². The number of hydroxylamine groups is 2. The number of nitrogens with zero attached hydrogens (tertiary/aromatic N) is 2. The quantitative estimate of drug-likeness (QED) is 0.491. The molecule has 1 aromatic heterocycles. The summed E-state index contributed by atoms with van der Waals surface area (Å²) < 4.78 is 11.6. The largest absolute Gasteiger partial charge is 0.488 e. The van der Waals surface area contributed by atoms with Gasteiger partial charge in [-0.1, -0.05) is 13.8 Å². The summed E-state index contributed by atoms with van der Waals surface area (Å²) in [7, 11) is 0. The number of anilines is 1. The van der Waals surface area contributed by atoms with E-state index in [9.17, 15) is 9.59 Å². The molecule has 2 heterocycles. The Morgan fingerprint density at radius 1 is 1.17 bits per heavy atom. The normalized spacial score (nSPS) is 15.4. The minimum absolute atomic E-state index is 0.0197. The van der Waals surface area contributed by atoms with E-state index in [0.29, 0.717) is 29.8 Å². The lowest BCUT2D eigenvalue weighted by Crippen LogP contribution is -2.44. The van der Waals surface area contributed by atoms with Crippen LogP contribution in [0.2, 0.25) is 0 Å². The molecule has 1 aliphatic heterocycles. The Morgan fingerprint density at radius 3 is 2.57 bits per heavy atom. The molecule has 4 rings (SSSR count). The summed E-state index contributed by atoms with van der Waals surface area (Å²) in [4.78, 5) is 35.5. The molecular weight excluding hydrogens is 446 g/mol. The fraction of sp³-hybridized carbons (Fsp3) is 0.519. The molecule has 2 aliphatic rings. The third-order valence-corrected chi connectivity index (χ3v) is 5.80. The maximum absolute atomic E-state index is 12.9. The molecule has 1 saturated carbocycles. The van der Waals surface area contributed by atoms with Crippen molar-refractivity contribution >= 4 is 17.8 Å². The van der Waals surface area contributed by atoms with Gasteiger partial charge < -0.3 is 19.6 Å². The van der Waals surface area contributed by atoms with Crippen molar-refractivity contribution < 1.29 is 23.9 Å². The molecule has 0 saturated heterocycles. The molecule has 0 spiro atoms. The average molecular weight is 482 g/mol. The second-order valence-electron chi connectivity index (χ2n) is 10.8. The predicted octanol–water partition coefficient (Wildman–Crippen LogP) is 5.96. The maximum atomic E-state index is 12.9. The van der Waals surface area contributed by atoms with Gasteiger partial charge in [-0.3, -0.25) is 4.79 Å². The summed E-state index contributed by atoms with van der Waals surface area (Å²) in [5, 5.41) is 4.21. The molecule has 2 aromatic rings. The van der Waals surface area contributed by atoms with Crippen LogP contribution < -0.4 is 14.9 Å². The van der Waals surface area contributed by atoms with E-state index < -0.39 is 11.7 Å². The van der Waals surface area contributed by atoms with E-state index in [1.807, 2.05) is 39.8 Å². The standard InChI is InChI=1S/C27H35N3O5/c1-16(2)11-17(3)30(26(32)34-27(4,5)6)35-20-9-10-21-22-13-24(29-25(31)18-7-8-18)28-14-19(22)15-33-23(21)12-20/h9-10,12-14,16-18H,7-8,11,15H2,1-6H3,(H,28,29,31). The highest BCUT2D eigenvalue weighted by Gasteiger charge is 2.31. The van der Waals surface area contributed by atoms with Crippen LogP contribution in [0.5, 0.6) is 11.5 Å². The Bertz CT molecular complexity index is 1100. The van der Waals surface area contributed by atoms with Crippen molar-refractivity contribution in [3.8, 4) is 22.6 Å². The van der Waals surface area contributed by atoms with Gasteiger partial charge >= 0.3 is 6.09 Å². The number of hydrogen-bond donors (Lipinski definition) is 1. The summed E-state index contributed by atoms with van der Waals surface area (Å²) in [5.41, 5.74) is 2.13. The number of fused-ring (bicyclic) bond motifs is 3. The van der Waals surface area contributed by atoms with Crippen molar-refractivity contribution in [1.82, 2.24) is 10.0 Å². The number of hydrogen-bond acceptors (Lipinski definition) is 6. The number of aromatic nitrogens is 1. The first kappa shape index (κ1) is 24.8. The molecule has 1 aromatic carbocycles. The summed E-state index contributed by atoms with van der Waals surface area (Å²) >= 11 is 0. The van der Waals surface area contributed by atoms with E-state index in [1.165, 1.54) is 5.06 Å². The van der Waals surface area contributed by atoms with Gasteiger partial charge in [0, 0.05) is 29.3 Å². The van der Waals surface area contributed by atoms with Gasteiger partial charge in [0.25, 0.3) is 0 Å². The van der Waals surface area contributed by atoms with Crippen LogP contribution >= 0.6 is 0 Å². The van der Waals surface area contributed by atoms with E-state index in [2.05, 4.69) is 24.1 Å². The number of benzene rings is 1. The summed E-state index contributed by atoms with van der Waals surface area (Å²) in [6.45, 7) is 12.0. The van der Waals surface area contributed by atoms with Crippen LogP contribution in [0.4, 0.5) is 10.6 Å². The Kier molecular flexibility index (Phi) is 6.92. The smallest absolute Gasteiger partial charge is 0.443 e. The Morgan fingerprint density at radius 2 is 1.91 bits per heavy atom. The van der Waals surface area contributed by atoms with Crippen LogP contribution in [0.15, 0.2) is 30.5 Å². The first-order valence-electron chi connectivity index (χ1n) is 12.3. The summed E-state index contributed by atoms with van der Waals surface area (Å²) in [6.07, 6.45) is 3.84. The van der Waals surface area contributed by atoms with Gasteiger partial charge in [0.1, 0.15) is 23.8 Å². The minimum Gasteiger partial charge on any atom is -0.488 e. The molecule has 2 amide bonds. The van der Waals surface area contributed by atoms with Crippen LogP contribution in [0.3, 0.4) is 0 Å². The van der Waals surface area contributed by atoms with E-state index in [0.717, 1.165) is 36.0 Å². The van der Waals surface area contributed by atoms with E-state index in [1.54, 1.807) is 18.3 Å². The van der Waals surface area contributed by atoms with Crippen molar-refractivity contribution in [3.63, 3.8) is 0 Å². The molecule has 8 nitrogen and oxygen atoms in total. The van der Waals surface area contributed by atoms with Gasteiger partial charge in [0.15, 0.2) is 5.75 Å². The lowest BCUT2D eigenvalue weighted by molar-refractivity contribution is -0.117. The number of carbonyl (C=O) groups excluding carboxylic acids is 2. The number of rotatable bonds is 7. The predicted molar refractivity (Wildman–Crippen MR) is 133 cm³/mol. The third kappa shape index (κ3) is 6.24.